The van der Waals surface area contributed by atoms with Crippen LogP contribution in [0.4, 0.5) is 0 Å². The van der Waals surface area contributed by atoms with Crippen LogP contribution in [0, 0.1) is 0 Å². The number of benzene rings is 3. The molecule has 4 rings (SSSR count). The molecule has 0 aliphatic rings. The lowest BCUT2D eigenvalue weighted by atomic mass is 10.0. The molecule has 0 saturated heterocycles. The largest absolute Gasteiger partial charge is 0.423 e. The van der Waals surface area contributed by atoms with Gasteiger partial charge >= 0.3 is 5.97 Å². The van der Waals surface area contributed by atoms with Crippen molar-refractivity contribution in [3.05, 3.63) is 112 Å². The van der Waals surface area contributed by atoms with Gasteiger partial charge < -0.3 is 9.72 Å². The molecule has 5 heteroatoms. The second kappa shape index (κ2) is 7.32. The maximum Gasteiger partial charge on any atom is 0.344 e. The summed E-state index contributed by atoms with van der Waals surface area (Å²) in [6, 6.07) is 23.5. The zero-order chi connectivity index (χ0) is 19.5. The molecule has 0 spiro atoms. The van der Waals surface area contributed by atoms with Gasteiger partial charge in [0.15, 0.2) is 5.78 Å². The van der Waals surface area contributed by atoms with Crippen LogP contribution in [0.1, 0.15) is 26.3 Å². The fourth-order valence-corrected chi connectivity index (χ4v) is 2.97. The minimum atomic E-state index is -0.635. The van der Waals surface area contributed by atoms with Crippen molar-refractivity contribution >= 4 is 22.7 Å². The van der Waals surface area contributed by atoms with E-state index >= 15 is 0 Å². The molecular weight excluding hydrogens is 354 g/mol. The summed E-state index contributed by atoms with van der Waals surface area (Å²) < 4.78 is 5.40. The van der Waals surface area contributed by atoms with Crippen molar-refractivity contribution in [1.82, 2.24) is 4.98 Å². The van der Waals surface area contributed by atoms with Crippen molar-refractivity contribution in [3.63, 3.8) is 0 Å². The second-order valence-electron chi connectivity index (χ2n) is 6.20. The molecule has 0 atom stereocenters. The Balaban J connectivity index is 1.58. The van der Waals surface area contributed by atoms with E-state index in [4.69, 9.17) is 4.74 Å². The highest BCUT2D eigenvalue weighted by Gasteiger charge is 2.15. The van der Waals surface area contributed by atoms with Gasteiger partial charge in [0.05, 0.1) is 5.56 Å². The van der Waals surface area contributed by atoms with E-state index in [9.17, 15) is 14.4 Å². The van der Waals surface area contributed by atoms with Crippen LogP contribution in [0.3, 0.4) is 0 Å². The number of aromatic nitrogens is 1. The number of nitrogens with one attached hydrogen (secondary N) is 1. The predicted molar refractivity (Wildman–Crippen MR) is 106 cm³/mol. The Labute approximate surface area is 160 Å². The number of hydrogen-bond acceptors (Lipinski definition) is 4. The molecule has 4 aromatic rings. The fraction of sp³-hybridized carbons (Fsp3) is 0. The number of pyridine rings is 1. The summed E-state index contributed by atoms with van der Waals surface area (Å²) >= 11 is 0. The first-order valence-corrected chi connectivity index (χ1v) is 8.66. The average molecular weight is 369 g/mol. The van der Waals surface area contributed by atoms with Gasteiger partial charge in [-0.15, -0.1) is 0 Å². The van der Waals surface area contributed by atoms with Crippen molar-refractivity contribution in [2.75, 3.05) is 0 Å². The minimum Gasteiger partial charge on any atom is -0.423 e. The number of carbonyl (C=O) groups is 2. The molecule has 0 saturated carbocycles. The van der Waals surface area contributed by atoms with E-state index < -0.39 is 5.97 Å². The highest BCUT2D eigenvalue weighted by Crippen LogP contribution is 2.19. The van der Waals surface area contributed by atoms with E-state index in [0.29, 0.717) is 27.8 Å². The lowest BCUT2D eigenvalue weighted by molar-refractivity contribution is 0.0736. The highest BCUT2D eigenvalue weighted by molar-refractivity contribution is 6.09. The third-order valence-corrected chi connectivity index (χ3v) is 4.33. The number of para-hydroxylation sites is 1. The van der Waals surface area contributed by atoms with Crippen molar-refractivity contribution in [1.29, 1.82) is 0 Å². The maximum absolute atomic E-state index is 12.6. The highest BCUT2D eigenvalue weighted by atomic mass is 16.5. The maximum atomic E-state index is 12.6. The Morgan fingerprint density at radius 3 is 2.14 bits per heavy atom. The number of carbonyl (C=O) groups excluding carboxylic acids is 2. The molecule has 5 nitrogen and oxygen atoms in total. The van der Waals surface area contributed by atoms with E-state index in [1.165, 1.54) is 6.07 Å². The molecular formula is C23H15NO4. The Hall–Kier alpha value is -3.99. The monoisotopic (exact) mass is 369 g/mol. The number of aromatic amines is 1. The molecule has 0 radical (unpaired) electrons. The Morgan fingerprint density at radius 1 is 0.750 bits per heavy atom. The predicted octanol–water partition coefficient (Wildman–Crippen LogP) is 3.98. The summed E-state index contributed by atoms with van der Waals surface area (Å²) in [6.07, 6.45) is 0. The van der Waals surface area contributed by atoms with Crippen molar-refractivity contribution in [3.8, 4) is 5.75 Å². The van der Waals surface area contributed by atoms with Gasteiger partial charge in [0.25, 0.3) is 0 Å². The van der Waals surface area contributed by atoms with Gasteiger partial charge in [0, 0.05) is 28.1 Å². The summed E-state index contributed by atoms with van der Waals surface area (Å²) in [5.41, 5.74) is 1.44. The van der Waals surface area contributed by atoms with Crippen LogP contribution in [0.5, 0.6) is 5.75 Å². The molecule has 1 aromatic heterocycles. The topological polar surface area (TPSA) is 76.2 Å². The summed E-state index contributed by atoms with van der Waals surface area (Å²) in [6.45, 7) is 0. The van der Waals surface area contributed by atoms with Crippen LogP contribution in [0.15, 0.2) is 89.7 Å². The molecule has 0 aliphatic heterocycles. The Kier molecular flexibility index (Phi) is 4.56. The standard InChI is InChI=1S/C23H15NO4/c25-21-14-19(18-8-4-5-9-20(18)24-21)23(27)28-17-12-10-16(11-13-17)22(26)15-6-2-1-3-7-15/h1-14H,(H,24,25). The number of hydrogen-bond donors (Lipinski definition) is 1. The van der Waals surface area contributed by atoms with Gasteiger partial charge in [-0.3, -0.25) is 9.59 Å². The van der Waals surface area contributed by atoms with Crippen LogP contribution in [-0.2, 0) is 0 Å². The van der Waals surface area contributed by atoms with E-state index in [1.54, 1.807) is 72.8 Å². The van der Waals surface area contributed by atoms with Gasteiger partial charge in [-0.1, -0.05) is 48.5 Å². The van der Waals surface area contributed by atoms with Crippen LogP contribution in [0.25, 0.3) is 10.9 Å². The zero-order valence-corrected chi connectivity index (χ0v) is 14.7. The third-order valence-electron chi connectivity index (χ3n) is 4.33. The smallest absolute Gasteiger partial charge is 0.344 e. The summed E-state index contributed by atoms with van der Waals surface area (Å²) in [7, 11) is 0. The quantitative estimate of drug-likeness (QED) is 0.335. The number of fused-ring (bicyclic) bond motifs is 1. The SMILES string of the molecule is O=C(c1ccccc1)c1ccc(OC(=O)c2cc(=O)[nH]c3ccccc23)cc1. The van der Waals surface area contributed by atoms with Gasteiger partial charge in [-0.25, -0.2) is 4.79 Å². The van der Waals surface area contributed by atoms with Crippen LogP contribution >= 0.6 is 0 Å². The normalized spacial score (nSPS) is 10.6. The number of esters is 1. The summed E-state index contributed by atoms with van der Waals surface area (Å²) in [5, 5.41) is 0.600. The van der Waals surface area contributed by atoms with E-state index in [1.807, 2.05) is 6.07 Å². The van der Waals surface area contributed by atoms with E-state index in [-0.39, 0.29) is 16.9 Å². The molecule has 1 heterocycles. The average Bonchev–Trinajstić information content (AvgIpc) is 2.73. The summed E-state index contributed by atoms with van der Waals surface area (Å²) in [4.78, 5) is 39.5. The molecule has 0 amide bonds. The zero-order valence-electron chi connectivity index (χ0n) is 14.7. The van der Waals surface area contributed by atoms with Crippen LogP contribution < -0.4 is 10.3 Å². The first-order valence-electron chi connectivity index (χ1n) is 8.66. The molecule has 136 valence electrons. The molecule has 1 N–H and O–H groups in total. The first-order chi connectivity index (χ1) is 13.6. The van der Waals surface area contributed by atoms with E-state index in [0.717, 1.165) is 0 Å². The second-order valence-corrected chi connectivity index (χ2v) is 6.20. The first kappa shape index (κ1) is 17.4. The van der Waals surface area contributed by atoms with Gasteiger partial charge in [0.1, 0.15) is 5.75 Å². The molecule has 0 bridgehead atoms. The van der Waals surface area contributed by atoms with Crippen molar-refractivity contribution in [2.24, 2.45) is 0 Å². The van der Waals surface area contributed by atoms with Crippen molar-refractivity contribution < 1.29 is 14.3 Å². The lowest BCUT2D eigenvalue weighted by Gasteiger charge is -2.08. The number of rotatable bonds is 4. The number of ether oxygens (including phenoxy) is 1. The number of ketones is 1. The third kappa shape index (κ3) is 3.46. The fourth-order valence-electron chi connectivity index (χ4n) is 2.97. The minimum absolute atomic E-state index is 0.112. The van der Waals surface area contributed by atoms with Gasteiger partial charge in [-0.05, 0) is 30.3 Å². The van der Waals surface area contributed by atoms with Crippen molar-refractivity contribution in [2.45, 2.75) is 0 Å². The lowest BCUT2D eigenvalue weighted by Crippen LogP contribution is -2.15. The number of H-pyrrole nitrogens is 1. The Morgan fingerprint density at radius 2 is 1.39 bits per heavy atom. The molecule has 0 aliphatic carbocycles. The van der Waals surface area contributed by atoms with Gasteiger partial charge in [-0.2, -0.15) is 0 Å². The van der Waals surface area contributed by atoms with Gasteiger partial charge in [0.2, 0.25) is 5.56 Å². The molecule has 0 unspecified atom stereocenters. The molecule has 0 fully saturated rings. The Bertz CT molecular complexity index is 1220. The molecule has 3 aromatic carbocycles. The van der Waals surface area contributed by atoms with E-state index in [2.05, 4.69) is 4.98 Å². The van der Waals surface area contributed by atoms with Crippen LogP contribution in [0.2, 0.25) is 0 Å². The molecule has 28 heavy (non-hydrogen) atoms. The van der Waals surface area contributed by atoms with Crippen LogP contribution in [-0.4, -0.2) is 16.7 Å². The summed E-state index contributed by atoms with van der Waals surface area (Å²) in [5.74, 6) is -0.456.